The summed E-state index contributed by atoms with van der Waals surface area (Å²) in [7, 11) is 0. The fraction of sp³-hybridized carbons (Fsp3) is 0. The number of nitrogens with one attached hydrogen (secondary N) is 1. The summed E-state index contributed by atoms with van der Waals surface area (Å²) in [5, 5.41) is 17.2. The highest BCUT2D eigenvalue weighted by Crippen LogP contribution is 2.22. The van der Waals surface area contributed by atoms with Crippen LogP contribution in [0.3, 0.4) is 0 Å². The van der Waals surface area contributed by atoms with Crippen molar-refractivity contribution in [3.63, 3.8) is 0 Å². The highest BCUT2D eigenvalue weighted by Gasteiger charge is 2.16. The Balaban J connectivity index is 1.85. The van der Waals surface area contributed by atoms with E-state index < -0.39 is 16.6 Å². The topological polar surface area (TPSA) is 103 Å². The summed E-state index contributed by atoms with van der Waals surface area (Å²) in [6.45, 7) is 0. The quantitative estimate of drug-likeness (QED) is 0.372. The number of carbonyl (C=O) groups is 1. The van der Waals surface area contributed by atoms with E-state index in [0.717, 1.165) is 6.07 Å². The van der Waals surface area contributed by atoms with Crippen molar-refractivity contribution >= 4 is 39.9 Å². The molecule has 0 fully saturated rings. The number of nitro benzene ring substituents is 1. The van der Waals surface area contributed by atoms with Gasteiger partial charge in [-0.15, -0.1) is 0 Å². The maximum atomic E-state index is 14.2. The van der Waals surface area contributed by atoms with Crippen LogP contribution in [0.15, 0.2) is 49.1 Å². The molecule has 0 atom stereocenters. The van der Waals surface area contributed by atoms with Crippen molar-refractivity contribution in [2.45, 2.75) is 0 Å². The molecule has 25 heavy (non-hydrogen) atoms. The van der Waals surface area contributed by atoms with Crippen molar-refractivity contribution < 1.29 is 14.1 Å². The lowest BCUT2D eigenvalue weighted by Crippen LogP contribution is -2.14. The van der Waals surface area contributed by atoms with Gasteiger partial charge in [0, 0.05) is 21.4 Å². The van der Waals surface area contributed by atoms with E-state index in [1.807, 2.05) is 22.6 Å². The molecule has 126 valence electrons. The predicted octanol–water partition coefficient (Wildman–Crippen LogP) is 3.17. The Labute approximate surface area is 154 Å². The second kappa shape index (κ2) is 6.93. The van der Waals surface area contributed by atoms with Crippen molar-refractivity contribution in [3.05, 3.63) is 74.1 Å². The van der Waals surface area contributed by atoms with Crippen molar-refractivity contribution in [1.82, 2.24) is 14.8 Å². The van der Waals surface area contributed by atoms with E-state index in [2.05, 4.69) is 15.4 Å². The molecule has 3 aromatic rings. The minimum atomic E-state index is -0.600. The van der Waals surface area contributed by atoms with Gasteiger partial charge in [0.25, 0.3) is 11.6 Å². The molecule has 8 nitrogen and oxygen atoms in total. The number of nitrogens with zero attached hydrogens (tertiary/aromatic N) is 4. The van der Waals surface area contributed by atoms with E-state index in [9.17, 15) is 19.3 Å². The van der Waals surface area contributed by atoms with E-state index in [0.29, 0.717) is 3.57 Å². The largest absolute Gasteiger partial charge is 0.322 e. The van der Waals surface area contributed by atoms with Crippen LogP contribution in [0.1, 0.15) is 10.4 Å². The van der Waals surface area contributed by atoms with Crippen LogP contribution in [-0.4, -0.2) is 25.6 Å². The number of non-ortho nitro benzene ring substituents is 1. The Morgan fingerprint density at radius 3 is 2.72 bits per heavy atom. The molecule has 0 spiro atoms. The number of halogens is 2. The van der Waals surface area contributed by atoms with E-state index >= 15 is 0 Å². The first kappa shape index (κ1) is 17.0. The van der Waals surface area contributed by atoms with Crippen LogP contribution >= 0.6 is 22.6 Å². The Bertz CT molecular complexity index is 962. The van der Waals surface area contributed by atoms with Gasteiger partial charge in [-0.3, -0.25) is 14.9 Å². The highest BCUT2D eigenvalue weighted by molar-refractivity contribution is 14.1. The number of aromatic nitrogens is 3. The zero-order valence-electron chi connectivity index (χ0n) is 12.4. The Morgan fingerprint density at radius 1 is 1.28 bits per heavy atom. The lowest BCUT2D eigenvalue weighted by atomic mass is 10.2. The molecule has 0 unspecified atom stereocenters. The average Bonchev–Trinajstić information content (AvgIpc) is 3.09. The molecule has 1 N–H and O–H groups in total. The number of hydrogen-bond acceptors (Lipinski definition) is 5. The van der Waals surface area contributed by atoms with Gasteiger partial charge in [-0.25, -0.2) is 14.1 Å². The molecule has 1 amide bonds. The second-order valence-corrected chi connectivity index (χ2v) is 6.04. The zero-order valence-corrected chi connectivity index (χ0v) is 14.5. The molecular weight excluding hydrogens is 444 g/mol. The van der Waals surface area contributed by atoms with Gasteiger partial charge in [0.05, 0.1) is 10.5 Å². The van der Waals surface area contributed by atoms with Crippen LogP contribution in [0, 0.1) is 19.5 Å². The van der Waals surface area contributed by atoms with Crippen LogP contribution in [-0.2, 0) is 0 Å². The number of anilines is 1. The maximum Gasteiger partial charge on any atom is 0.270 e. The van der Waals surface area contributed by atoms with Gasteiger partial charge in [-0.1, -0.05) is 0 Å². The van der Waals surface area contributed by atoms with Gasteiger partial charge in [0.2, 0.25) is 0 Å². The highest BCUT2D eigenvalue weighted by atomic mass is 127. The minimum Gasteiger partial charge on any atom is -0.322 e. The number of rotatable bonds is 4. The van der Waals surface area contributed by atoms with Gasteiger partial charge in [0.1, 0.15) is 18.3 Å². The van der Waals surface area contributed by atoms with Crippen LogP contribution in [0.5, 0.6) is 0 Å². The number of amides is 1. The Morgan fingerprint density at radius 2 is 2.08 bits per heavy atom. The van der Waals surface area contributed by atoms with Crippen molar-refractivity contribution in [3.8, 4) is 5.69 Å². The van der Waals surface area contributed by atoms with Crippen LogP contribution in [0.4, 0.5) is 15.8 Å². The van der Waals surface area contributed by atoms with Crippen LogP contribution < -0.4 is 5.32 Å². The molecule has 1 aromatic heterocycles. The Kier molecular flexibility index (Phi) is 4.70. The average molecular weight is 453 g/mol. The van der Waals surface area contributed by atoms with Crippen molar-refractivity contribution in [2.24, 2.45) is 0 Å². The lowest BCUT2D eigenvalue weighted by molar-refractivity contribution is -0.384. The lowest BCUT2D eigenvalue weighted by Gasteiger charge is -2.09. The van der Waals surface area contributed by atoms with E-state index in [-0.39, 0.29) is 22.6 Å². The molecule has 0 aliphatic rings. The van der Waals surface area contributed by atoms with Gasteiger partial charge in [-0.05, 0) is 46.9 Å². The summed E-state index contributed by atoms with van der Waals surface area (Å²) in [6.07, 6.45) is 2.63. The molecule has 0 aliphatic heterocycles. The first-order valence-electron chi connectivity index (χ1n) is 6.85. The fourth-order valence-corrected chi connectivity index (χ4v) is 2.68. The standard InChI is InChI=1S/C15H9FIN5O3/c16-12-5-9(1-4-14(12)21-8-18-7-19-21)20-15(23)11-6-10(22(24)25)2-3-13(11)17/h1-8H,(H,20,23). The van der Waals surface area contributed by atoms with Crippen molar-refractivity contribution in [2.75, 3.05) is 5.32 Å². The number of hydrogen-bond donors (Lipinski definition) is 1. The minimum absolute atomic E-state index is 0.135. The second-order valence-electron chi connectivity index (χ2n) is 4.88. The zero-order chi connectivity index (χ0) is 18.0. The summed E-state index contributed by atoms with van der Waals surface area (Å²) in [5.41, 5.74) is 0.336. The van der Waals surface area contributed by atoms with Gasteiger partial charge < -0.3 is 5.32 Å². The first-order chi connectivity index (χ1) is 12.0. The first-order valence-corrected chi connectivity index (χ1v) is 7.93. The summed E-state index contributed by atoms with van der Waals surface area (Å²) in [5.74, 6) is -1.17. The van der Waals surface area contributed by atoms with Crippen LogP contribution in [0.25, 0.3) is 5.69 Å². The number of nitro groups is 1. The molecular formula is C15H9FIN5O3. The van der Waals surface area contributed by atoms with Gasteiger partial charge in [-0.2, -0.15) is 5.10 Å². The summed E-state index contributed by atoms with van der Waals surface area (Å²) in [4.78, 5) is 26.4. The summed E-state index contributed by atoms with van der Waals surface area (Å²) < 4.78 is 16.0. The smallest absolute Gasteiger partial charge is 0.270 e. The number of benzene rings is 2. The van der Waals surface area contributed by atoms with E-state index in [1.54, 1.807) is 0 Å². The molecule has 0 saturated carbocycles. The molecule has 1 heterocycles. The molecule has 0 radical (unpaired) electrons. The molecule has 0 bridgehead atoms. The third-order valence-corrected chi connectivity index (χ3v) is 4.22. The van der Waals surface area contributed by atoms with Crippen molar-refractivity contribution in [1.29, 1.82) is 0 Å². The van der Waals surface area contributed by atoms with Gasteiger partial charge >= 0.3 is 0 Å². The summed E-state index contributed by atoms with van der Waals surface area (Å²) in [6, 6.07) is 8.05. The van der Waals surface area contributed by atoms with Gasteiger partial charge in [0.15, 0.2) is 5.82 Å². The molecule has 3 rings (SSSR count). The van der Waals surface area contributed by atoms with E-state index in [1.165, 1.54) is 47.7 Å². The third kappa shape index (κ3) is 3.63. The maximum absolute atomic E-state index is 14.2. The SMILES string of the molecule is O=C(Nc1ccc(-n2cncn2)c(F)c1)c1cc([N+](=O)[O-])ccc1I. The fourth-order valence-electron chi connectivity index (χ4n) is 2.10. The third-order valence-electron chi connectivity index (χ3n) is 3.28. The molecule has 10 heteroatoms. The predicted molar refractivity (Wildman–Crippen MR) is 95.1 cm³/mol. The Hall–Kier alpha value is -2.89. The normalized spacial score (nSPS) is 10.5. The molecule has 0 saturated heterocycles. The monoisotopic (exact) mass is 453 g/mol. The number of carbonyl (C=O) groups excluding carboxylic acids is 1. The molecule has 0 aliphatic carbocycles. The summed E-state index contributed by atoms with van der Waals surface area (Å²) >= 11 is 1.90. The van der Waals surface area contributed by atoms with E-state index in [4.69, 9.17) is 0 Å². The molecule has 2 aromatic carbocycles. The van der Waals surface area contributed by atoms with Crippen LogP contribution in [0.2, 0.25) is 0 Å².